The van der Waals surface area contributed by atoms with E-state index in [1.54, 1.807) is 13.8 Å². The van der Waals surface area contributed by atoms with Gasteiger partial charge in [0.1, 0.15) is 5.54 Å². The van der Waals surface area contributed by atoms with Crippen LogP contribution in [0.2, 0.25) is 0 Å². The lowest BCUT2D eigenvalue weighted by Crippen LogP contribution is -2.45. The van der Waals surface area contributed by atoms with Crippen molar-refractivity contribution in [1.29, 1.82) is 0 Å². The molecule has 0 aliphatic carbocycles. The van der Waals surface area contributed by atoms with Gasteiger partial charge in [0, 0.05) is 13.1 Å². The first-order valence-corrected chi connectivity index (χ1v) is 6.48. The van der Waals surface area contributed by atoms with Gasteiger partial charge < -0.3 is 16.0 Å². The molecule has 0 spiro atoms. The van der Waals surface area contributed by atoms with E-state index in [0.29, 0.717) is 5.95 Å². The minimum absolute atomic E-state index is 0.240. The van der Waals surface area contributed by atoms with Crippen LogP contribution in [0, 0.1) is 0 Å². The van der Waals surface area contributed by atoms with E-state index >= 15 is 0 Å². The van der Waals surface area contributed by atoms with Crippen LogP contribution >= 0.6 is 0 Å². The van der Waals surface area contributed by atoms with Crippen molar-refractivity contribution in [3.63, 3.8) is 0 Å². The van der Waals surface area contributed by atoms with Crippen LogP contribution < -0.4 is 27.2 Å². The number of hydrazine groups is 1. The molecule has 0 saturated carbocycles. The van der Waals surface area contributed by atoms with Gasteiger partial charge in [-0.05, 0) is 26.7 Å². The smallest absolute Gasteiger partial charge is 0.243 e. The van der Waals surface area contributed by atoms with Crippen molar-refractivity contribution in [2.75, 3.05) is 28.7 Å². The minimum Gasteiger partial charge on any atom is -0.368 e. The van der Waals surface area contributed by atoms with Crippen LogP contribution in [0.5, 0.6) is 0 Å². The van der Waals surface area contributed by atoms with Gasteiger partial charge in [0.2, 0.25) is 23.8 Å². The molecule has 1 aliphatic rings. The highest BCUT2D eigenvalue weighted by Gasteiger charge is 2.26. The number of rotatable bonds is 5. The monoisotopic (exact) mass is 280 g/mol. The van der Waals surface area contributed by atoms with E-state index in [0.717, 1.165) is 25.9 Å². The maximum atomic E-state index is 11.4. The van der Waals surface area contributed by atoms with Gasteiger partial charge in [-0.25, -0.2) is 5.84 Å². The Morgan fingerprint density at radius 3 is 2.35 bits per heavy atom. The number of nitrogens with two attached hydrogens (primary N) is 2. The Morgan fingerprint density at radius 1 is 1.20 bits per heavy atom. The fourth-order valence-electron chi connectivity index (χ4n) is 1.88. The van der Waals surface area contributed by atoms with Gasteiger partial charge >= 0.3 is 0 Å². The van der Waals surface area contributed by atoms with Gasteiger partial charge in [-0.3, -0.25) is 10.2 Å². The number of carbonyl (C=O) groups excluding carboxylic acids is 1. The molecule has 1 amide bonds. The van der Waals surface area contributed by atoms with E-state index in [1.165, 1.54) is 0 Å². The lowest BCUT2D eigenvalue weighted by Gasteiger charge is -2.23. The second kappa shape index (κ2) is 5.45. The first-order valence-electron chi connectivity index (χ1n) is 6.48. The van der Waals surface area contributed by atoms with E-state index in [1.807, 2.05) is 4.90 Å². The van der Waals surface area contributed by atoms with E-state index in [2.05, 4.69) is 25.7 Å². The largest absolute Gasteiger partial charge is 0.368 e. The van der Waals surface area contributed by atoms with Crippen molar-refractivity contribution in [2.24, 2.45) is 11.6 Å². The number of carbonyl (C=O) groups is 1. The van der Waals surface area contributed by atoms with Gasteiger partial charge in [-0.15, -0.1) is 0 Å². The Balaban J connectivity index is 2.28. The third-order valence-electron chi connectivity index (χ3n) is 3.18. The number of nitrogens with zero attached hydrogens (tertiary/aromatic N) is 4. The highest BCUT2D eigenvalue weighted by Crippen LogP contribution is 2.19. The van der Waals surface area contributed by atoms with Crippen LogP contribution in [0.4, 0.5) is 17.8 Å². The number of hydrogen-bond acceptors (Lipinski definition) is 8. The second-order valence-electron chi connectivity index (χ2n) is 5.24. The third kappa shape index (κ3) is 3.05. The number of nitrogen functional groups attached to an aromatic ring is 1. The molecule has 0 bridgehead atoms. The fourth-order valence-corrected chi connectivity index (χ4v) is 1.88. The van der Waals surface area contributed by atoms with Gasteiger partial charge in [-0.1, -0.05) is 0 Å². The van der Waals surface area contributed by atoms with Gasteiger partial charge in [0.25, 0.3) is 0 Å². The Labute approximate surface area is 117 Å². The first-order chi connectivity index (χ1) is 9.42. The Morgan fingerprint density at radius 2 is 1.80 bits per heavy atom. The van der Waals surface area contributed by atoms with Crippen LogP contribution in [0.1, 0.15) is 26.7 Å². The summed E-state index contributed by atoms with van der Waals surface area (Å²) in [6.45, 7) is 5.10. The molecular weight excluding hydrogens is 260 g/mol. The maximum absolute atomic E-state index is 11.4. The zero-order valence-corrected chi connectivity index (χ0v) is 11.7. The number of nitrogens with one attached hydrogen (secondary N) is 2. The van der Waals surface area contributed by atoms with Crippen LogP contribution in [0.25, 0.3) is 0 Å². The highest BCUT2D eigenvalue weighted by molar-refractivity contribution is 5.86. The summed E-state index contributed by atoms with van der Waals surface area (Å²) in [5.74, 6) is 5.91. The van der Waals surface area contributed by atoms with Crippen molar-refractivity contribution < 1.29 is 4.79 Å². The van der Waals surface area contributed by atoms with E-state index in [4.69, 9.17) is 11.6 Å². The molecule has 0 aromatic carbocycles. The lowest BCUT2D eigenvalue weighted by molar-refractivity contribution is -0.121. The Kier molecular flexibility index (Phi) is 3.89. The number of amides is 1. The van der Waals surface area contributed by atoms with E-state index < -0.39 is 11.4 Å². The predicted octanol–water partition coefficient (Wildman–Crippen LogP) is -0.567. The highest BCUT2D eigenvalue weighted by atomic mass is 16.1. The topological polar surface area (TPSA) is 135 Å². The lowest BCUT2D eigenvalue weighted by atomic mass is 10.1. The average Bonchev–Trinajstić information content (AvgIpc) is 2.91. The quantitative estimate of drug-likeness (QED) is 0.416. The molecule has 9 heteroatoms. The SMILES string of the molecule is CC(C)(Nc1nc(NN)nc(N2CCCC2)n1)C(N)=O. The number of anilines is 3. The minimum atomic E-state index is -0.963. The zero-order chi connectivity index (χ0) is 14.8. The van der Waals surface area contributed by atoms with Crippen molar-refractivity contribution in [1.82, 2.24) is 15.0 Å². The molecular formula is C11H20N8O. The van der Waals surface area contributed by atoms with E-state index in [-0.39, 0.29) is 11.9 Å². The summed E-state index contributed by atoms with van der Waals surface area (Å²) >= 11 is 0. The van der Waals surface area contributed by atoms with Crippen molar-refractivity contribution in [2.45, 2.75) is 32.2 Å². The fraction of sp³-hybridized carbons (Fsp3) is 0.636. The molecule has 9 nitrogen and oxygen atoms in total. The first kappa shape index (κ1) is 14.3. The standard InChI is InChI=1S/C11H20N8O/c1-11(2,7(12)20)17-8-14-9(18-13)16-10(15-8)19-5-3-4-6-19/h3-6,13H2,1-2H3,(H2,12,20)(H2,14,15,16,17,18). The number of primary amides is 1. The number of hydrogen-bond donors (Lipinski definition) is 4. The summed E-state index contributed by atoms with van der Waals surface area (Å²) in [6.07, 6.45) is 2.21. The molecule has 20 heavy (non-hydrogen) atoms. The van der Waals surface area contributed by atoms with Crippen LogP contribution in [0.15, 0.2) is 0 Å². The summed E-state index contributed by atoms with van der Waals surface area (Å²) in [5.41, 5.74) is 6.76. The molecule has 6 N–H and O–H groups in total. The van der Waals surface area contributed by atoms with Crippen molar-refractivity contribution in [3.05, 3.63) is 0 Å². The third-order valence-corrected chi connectivity index (χ3v) is 3.18. The molecule has 1 aliphatic heterocycles. The normalized spacial score (nSPS) is 15.2. The molecule has 0 unspecified atom stereocenters. The van der Waals surface area contributed by atoms with Crippen LogP contribution in [0.3, 0.4) is 0 Å². The molecule has 2 rings (SSSR count). The molecule has 1 fully saturated rings. The van der Waals surface area contributed by atoms with Crippen molar-refractivity contribution >= 4 is 23.8 Å². The molecule has 1 saturated heterocycles. The van der Waals surface area contributed by atoms with Gasteiger partial charge in [0.15, 0.2) is 0 Å². The molecule has 1 aromatic heterocycles. The molecule has 0 atom stereocenters. The summed E-state index contributed by atoms with van der Waals surface area (Å²) in [4.78, 5) is 26.0. The van der Waals surface area contributed by atoms with Crippen LogP contribution in [-0.2, 0) is 4.79 Å². The number of aromatic nitrogens is 3. The van der Waals surface area contributed by atoms with Crippen LogP contribution in [-0.4, -0.2) is 39.5 Å². The molecule has 2 heterocycles. The predicted molar refractivity (Wildman–Crippen MR) is 76.0 cm³/mol. The summed E-state index contributed by atoms with van der Waals surface area (Å²) in [5, 5.41) is 2.90. The van der Waals surface area contributed by atoms with E-state index in [9.17, 15) is 4.79 Å². The second-order valence-corrected chi connectivity index (χ2v) is 5.24. The average molecular weight is 280 g/mol. The summed E-state index contributed by atoms with van der Waals surface area (Å²) in [7, 11) is 0. The van der Waals surface area contributed by atoms with Crippen molar-refractivity contribution in [3.8, 4) is 0 Å². The summed E-state index contributed by atoms with van der Waals surface area (Å²) in [6, 6.07) is 0. The molecule has 1 aromatic rings. The Bertz CT molecular complexity index is 497. The maximum Gasteiger partial charge on any atom is 0.243 e. The van der Waals surface area contributed by atoms with Gasteiger partial charge in [-0.2, -0.15) is 15.0 Å². The zero-order valence-electron chi connectivity index (χ0n) is 11.7. The summed E-state index contributed by atoms with van der Waals surface area (Å²) < 4.78 is 0. The molecule has 0 radical (unpaired) electrons. The van der Waals surface area contributed by atoms with Gasteiger partial charge in [0.05, 0.1) is 0 Å². The Hall–Kier alpha value is -2.16. The molecule has 110 valence electrons.